The number of fused-ring (bicyclic) bond motifs is 16. The third-order valence-corrected chi connectivity index (χ3v) is 23.5. The molecule has 9 nitrogen and oxygen atoms in total. The highest BCUT2D eigenvalue weighted by Crippen LogP contribution is 2.71. The Kier molecular flexibility index (Phi) is 9.76. The van der Waals surface area contributed by atoms with Crippen LogP contribution in [0.3, 0.4) is 0 Å². The minimum absolute atomic E-state index is 0.00410. The molecule has 8 fully saturated rings. The van der Waals surface area contributed by atoms with E-state index in [9.17, 15) is 9.59 Å². The van der Waals surface area contributed by atoms with Crippen molar-refractivity contribution in [1.82, 2.24) is 9.97 Å². The van der Waals surface area contributed by atoms with Gasteiger partial charge in [-0.15, -0.1) is 0 Å². The number of hydrogen-bond donors (Lipinski definition) is 0. The van der Waals surface area contributed by atoms with Gasteiger partial charge in [-0.05, 0) is 156 Å². The molecule has 0 N–H and O–H groups in total. The van der Waals surface area contributed by atoms with E-state index in [2.05, 4.69) is 67.5 Å². The largest absolute Gasteiger partial charge is 0.461 e. The molecule has 4 aliphatic heterocycles. The SMILES string of the molecule is C[C@H]1CC[C@@]2(OC1)O[C@H]1C=C3[C@@H]4CCC5Cc6nc7c(nc6C[C@]5(C)[C@H]4CC(=O)[C@]3(C)[C@H]1[C@@H]2C)CC1CC[C@H]2C3=C[C@@H]4O[C@]5(CC[C@H](C)CO5)[C@@H](C)[C@@H]4[C@@]3(C)[C@@H](OC(=O)C(C)(C)C)C[C@@H]2[C@@]1(C)C7. The Morgan fingerprint density at radius 1 is 0.662 bits per heavy atom. The summed E-state index contributed by atoms with van der Waals surface area (Å²) in [5, 5.41) is 0. The molecule has 12 aliphatic rings. The number of ether oxygens (including phenoxy) is 5. The summed E-state index contributed by atoms with van der Waals surface area (Å²) in [5.41, 5.74) is 6.37. The predicted molar refractivity (Wildman–Crippen MR) is 258 cm³/mol. The van der Waals surface area contributed by atoms with Crippen molar-refractivity contribution >= 4 is 11.8 Å². The second kappa shape index (κ2) is 14.6. The molecule has 4 saturated carbocycles. The second-order valence-electron chi connectivity index (χ2n) is 27.8. The zero-order valence-electron chi connectivity index (χ0n) is 43.4. The lowest BCUT2D eigenvalue weighted by Crippen LogP contribution is -2.59. The van der Waals surface area contributed by atoms with Gasteiger partial charge in [-0.3, -0.25) is 19.6 Å². The van der Waals surface area contributed by atoms with Crippen molar-refractivity contribution in [2.45, 2.75) is 196 Å². The van der Waals surface area contributed by atoms with Crippen LogP contribution in [0.1, 0.15) is 163 Å². The third-order valence-electron chi connectivity index (χ3n) is 23.5. The van der Waals surface area contributed by atoms with Gasteiger partial charge in [0.15, 0.2) is 11.6 Å². The highest BCUT2D eigenvalue weighted by molar-refractivity contribution is 5.91. The summed E-state index contributed by atoms with van der Waals surface area (Å²) >= 11 is 0. The molecule has 9 heteroatoms. The van der Waals surface area contributed by atoms with E-state index in [1.165, 1.54) is 40.3 Å². The lowest BCUT2D eigenvalue weighted by atomic mass is 9.45. The van der Waals surface area contributed by atoms with Crippen molar-refractivity contribution < 1.29 is 33.3 Å². The number of carbonyl (C=O) groups is 2. The number of carbonyl (C=O) groups excluding carboxylic acids is 2. The zero-order chi connectivity index (χ0) is 47.5. The first-order valence-corrected chi connectivity index (χ1v) is 27.8. The van der Waals surface area contributed by atoms with Gasteiger partial charge in [0.25, 0.3) is 0 Å². The topological polar surface area (TPSA) is 106 Å². The van der Waals surface area contributed by atoms with Crippen molar-refractivity contribution in [3.63, 3.8) is 0 Å². The average molecular weight is 931 g/mol. The number of Topliss-reactive ketones (excluding diaryl/α,β-unsaturated/α-hetero) is 1. The van der Waals surface area contributed by atoms with Gasteiger partial charge < -0.3 is 23.7 Å². The van der Waals surface area contributed by atoms with Crippen molar-refractivity contribution in [3.05, 3.63) is 46.1 Å². The van der Waals surface area contributed by atoms with Gasteiger partial charge in [0.1, 0.15) is 11.9 Å². The smallest absolute Gasteiger partial charge is 0.311 e. The molecule has 1 aromatic rings. The maximum Gasteiger partial charge on any atom is 0.311 e. The van der Waals surface area contributed by atoms with Gasteiger partial charge in [-0.2, -0.15) is 0 Å². The number of allylic oxidation sites excluding steroid dienone is 1. The van der Waals surface area contributed by atoms with Crippen molar-refractivity contribution in [2.24, 2.45) is 98.1 Å². The van der Waals surface area contributed by atoms with E-state index in [4.69, 9.17) is 33.7 Å². The van der Waals surface area contributed by atoms with Crippen molar-refractivity contribution in [1.29, 1.82) is 0 Å². The molecular weight excluding hydrogens is 849 g/mol. The van der Waals surface area contributed by atoms with Crippen LogP contribution in [0.2, 0.25) is 0 Å². The van der Waals surface area contributed by atoms with Crippen molar-refractivity contribution in [2.75, 3.05) is 13.2 Å². The molecule has 1 aromatic heterocycles. The number of esters is 1. The van der Waals surface area contributed by atoms with Gasteiger partial charge in [0, 0.05) is 48.3 Å². The van der Waals surface area contributed by atoms with E-state index in [1.807, 2.05) is 20.8 Å². The molecule has 21 atom stereocenters. The van der Waals surface area contributed by atoms with Crippen LogP contribution < -0.4 is 0 Å². The summed E-state index contributed by atoms with van der Waals surface area (Å²) in [6.45, 7) is 26.5. The normalized spacial score (nSPS) is 52.8. The monoisotopic (exact) mass is 931 g/mol. The summed E-state index contributed by atoms with van der Waals surface area (Å²) in [6.07, 6.45) is 18.6. The van der Waals surface area contributed by atoms with E-state index in [-0.39, 0.29) is 64.2 Å². The first-order valence-electron chi connectivity index (χ1n) is 27.8. The molecular formula is C59H82N2O7. The summed E-state index contributed by atoms with van der Waals surface area (Å²) in [4.78, 5) is 40.4. The lowest BCUT2D eigenvalue weighted by Gasteiger charge is -2.61. The van der Waals surface area contributed by atoms with E-state index in [0.29, 0.717) is 59.5 Å². The number of hydrogen-bond acceptors (Lipinski definition) is 9. The molecule has 0 aromatic carbocycles. The van der Waals surface area contributed by atoms with Crippen molar-refractivity contribution in [3.8, 4) is 0 Å². The Balaban J connectivity index is 0.784. The zero-order valence-corrected chi connectivity index (χ0v) is 43.4. The Bertz CT molecular complexity index is 2380. The quantitative estimate of drug-likeness (QED) is 0.201. The van der Waals surface area contributed by atoms with Crippen LogP contribution in [0.5, 0.6) is 0 Å². The number of nitrogens with zero attached hydrogens (tertiary/aromatic N) is 2. The van der Waals surface area contributed by atoms with E-state index < -0.39 is 22.4 Å². The molecule has 0 amide bonds. The minimum atomic E-state index is -0.593. The minimum Gasteiger partial charge on any atom is -0.461 e. The van der Waals surface area contributed by atoms with Gasteiger partial charge in [-0.1, -0.05) is 71.8 Å². The molecule has 0 radical (unpaired) electrons. The van der Waals surface area contributed by atoms with Gasteiger partial charge in [-0.25, -0.2) is 0 Å². The molecule has 370 valence electrons. The fourth-order valence-corrected chi connectivity index (χ4v) is 19.3. The van der Waals surface area contributed by atoms with Gasteiger partial charge >= 0.3 is 5.97 Å². The highest BCUT2D eigenvalue weighted by Gasteiger charge is 2.72. The number of ketones is 1. The molecule has 0 bridgehead atoms. The molecule has 4 saturated heterocycles. The Labute approximate surface area is 406 Å². The van der Waals surface area contributed by atoms with E-state index in [1.54, 1.807) is 0 Å². The van der Waals surface area contributed by atoms with Crippen LogP contribution in [-0.2, 0) is 59.0 Å². The van der Waals surface area contributed by atoms with Gasteiger partial charge in [0.05, 0.1) is 59.0 Å². The van der Waals surface area contributed by atoms with Crippen LogP contribution in [0.15, 0.2) is 23.3 Å². The first kappa shape index (κ1) is 45.4. The van der Waals surface area contributed by atoms with E-state index in [0.717, 1.165) is 90.3 Å². The Morgan fingerprint density at radius 2 is 1.18 bits per heavy atom. The standard InChI is InChI=1S/C59H82N2O7/c1-30-16-18-58(64-28-30)32(3)50-46(67-58)22-40-36-14-12-34-20-42-44(26-54(34,8)38(36)24-48(62)56(40,50)10)60-43-21-35-13-15-37-39(55(35,9)27-45(43)61-42)25-49(66-52(63)53(5,6)7)57(11)41(37)23-47-51(57)33(4)59(68-47)19-17-31(2)29-65-59/h22-23,30-39,46-47,49-51H,12-21,24-29H2,1-11H3/t30-,31-,32-,33-,34?,35?,36+,37+,38-,39-,46-,47-,49-,50-,51-,54-,55-,56+,57+,58+,59+/m0/s1. The second-order valence-corrected chi connectivity index (χ2v) is 27.8. The molecule has 2 spiro atoms. The highest BCUT2D eigenvalue weighted by atomic mass is 16.7. The Morgan fingerprint density at radius 3 is 1.72 bits per heavy atom. The molecule has 13 rings (SSSR count). The predicted octanol–water partition coefficient (Wildman–Crippen LogP) is 10.8. The van der Waals surface area contributed by atoms with E-state index >= 15 is 0 Å². The number of aromatic nitrogens is 2. The maximum atomic E-state index is 14.9. The van der Waals surface area contributed by atoms with Crippen LogP contribution in [0.4, 0.5) is 0 Å². The summed E-state index contributed by atoms with van der Waals surface area (Å²) in [5.74, 6) is 3.54. The first-order chi connectivity index (χ1) is 32.1. The molecule has 2 unspecified atom stereocenters. The Hall–Kier alpha value is -2.46. The third kappa shape index (κ3) is 5.88. The van der Waals surface area contributed by atoms with Crippen LogP contribution in [0.25, 0.3) is 0 Å². The van der Waals surface area contributed by atoms with Crippen LogP contribution in [0, 0.1) is 98.1 Å². The van der Waals surface area contributed by atoms with Crippen LogP contribution >= 0.6 is 0 Å². The number of rotatable bonds is 1. The summed E-state index contributed by atoms with van der Waals surface area (Å²) in [6, 6.07) is 0. The maximum absolute atomic E-state index is 14.9. The summed E-state index contributed by atoms with van der Waals surface area (Å²) < 4.78 is 34.2. The molecule has 8 aliphatic carbocycles. The fourth-order valence-electron chi connectivity index (χ4n) is 19.3. The van der Waals surface area contributed by atoms with Crippen LogP contribution in [-0.4, -0.2) is 64.8 Å². The fraction of sp³-hybridized carbons (Fsp3) is 0.831. The molecule has 68 heavy (non-hydrogen) atoms. The molecule has 5 heterocycles. The lowest BCUT2D eigenvalue weighted by molar-refractivity contribution is -0.265. The summed E-state index contributed by atoms with van der Waals surface area (Å²) in [7, 11) is 0. The van der Waals surface area contributed by atoms with Gasteiger partial charge in [0.2, 0.25) is 0 Å². The average Bonchev–Trinajstić information content (AvgIpc) is 3.94.